The number of para-hydroxylation sites is 2. The van der Waals surface area contributed by atoms with Crippen molar-refractivity contribution in [1.29, 1.82) is 5.26 Å². The number of nitrogens with zero attached hydrogens (tertiary/aromatic N) is 2. The van der Waals surface area contributed by atoms with Gasteiger partial charge in [0.15, 0.2) is 0 Å². The summed E-state index contributed by atoms with van der Waals surface area (Å²) in [6.45, 7) is 0. The van der Waals surface area contributed by atoms with E-state index in [1.165, 1.54) is 12.1 Å². The number of amides is 1. The van der Waals surface area contributed by atoms with Crippen LogP contribution in [0.1, 0.15) is 11.1 Å². The number of nitrogens with one attached hydrogen (secondary N) is 1. The number of rotatable bonds is 5. The number of benzene rings is 2. The maximum atomic E-state index is 13.5. The highest BCUT2D eigenvalue weighted by Gasteiger charge is 2.36. The van der Waals surface area contributed by atoms with E-state index in [-0.39, 0.29) is 27.9 Å². The van der Waals surface area contributed by atoms with Crippen molar-refractivity contribution in [2.75, 3.05) is 11.1 Å². The molecule has 3 rings (SSSR count). The summed E-state index contributed by atoms with van der Waals surface area (Å²) in [6.07, 6.45) is -4.76. The Morgan fingerprint density at radius 1 is 1.13 bits per heavy atom. The lowest BCUT2D eigenvalue weighted by Crippen LogP contribution is -2.15. The molecule has 0 saturated carbocycles. The zero-order valence-corrected chi connectivity index (χ0v) is 16.1. The van der Waals surface area contributed by atoms with Crippen LogP contribution in [0.3, 0.4) is 0 Å². The van der Waals surface area contributed by atoms with E-state index in [9.17, 15) is 28.3 Å². The molecule has 9 heteroatoms. The van der Waals surface area contributed by atoms with Gasteiger partial charge in [0, 0.05) is 5.56 Å². The van der Waals surface area contributed by atoms with Crippen molar-refractivity contribution in [1.82, 2.24) is 4.98 Å². The second-order valence-electron chi connectivity index (χ2n) is 6.06. The summed E-state index contributed by atoms with van der Waals surface area (Å²) >= 11 is 0.717. The number of phenolic OH excluding ortho intramolecular Hbond substituents is 1. The Morgan fingerprint density at radius 3 is 2.43 bits per heavy atom. The van der Waals surface area contributed by atoms with Crippen molar-refractivity contribution in [3.63, 3.8) is 0 Å². The fourth-order valence-corrected chi connectivity index (χ4v) is 3.42. The van der Waals surface area contributed by atoms with Gasteiger partial charge in [-0.1, -0.05) is 54.2 Å². The van der Waals surface area contributed by atoms with E-state index in [1.54, 1.807) is 48.5 Å². The van der Waals surface area contributed by atoms with Crippen LogP contribution < -0.4 is 5.32 Å². The number of nitriles is 1. The molecule has 2 aromatic carbocycles. The van der Waals surface area contributed by atoms with Gasteiger partial charge in [-0.2, -0.15) is 18.4 Å². The van der Waals surface area contributed by atoms with Gasteiger partial charge in [-0.05, 0) is 18.2 Å². The third-order valence-corrected chi connectivity index (χ3v) is 4.97. The highest BCUT2D eigenvalue weighted by molar-refractivity contribution is 8.00. The fraction of sp³-hybridized carbons (Fsp3) is 0.0952. The molecule has 0 aliphatic carbocycles. The van der Waals surface area contributed by atoms with E-state index in [0.717, 1.165) is 6.07 Å². The van der Waals surface area contributed by atoms with Crippen LogP contribution >= 0.6 is 11.8 Å². The number of hydrogen-bond acceptors (Lipinski definition) is 5. The standard InChI is InChI=1S/C21H14F3N3O2S/c22-21(23,24)15-10-17(13-6-2-1-3-7-13)27-20(14(15)11-25)30-12-19(29)26-16-8-4-5-9-18(16)28/h1-10,28H,12H2,(H,26,29). The maximum absolute atomic E-state index is 13.5. The molecule has 152 valence electrons. The average Bonchev–Trinajstić information content (AvgIpc) is 2.73. The minimum Gasteiger partial charge on any atom is -0.506 e. The molecule has 0 atom stereocenters. The van der Waals surface area contributed by atoms with Crippen LogP contribution in [0.15, 0.2) is 65.7 Å². The van der Waals surface area contributed by atoms with Crippen LogP contribution in [0.4, 0.5) is 18.9 Å². The van der Waals surface area contributed by atoms with E-state index >= 15 is 0 Å². The number of thioether (sulfide) groups is 1. The van der Waals surface area contributed by atoms with Crippen molar-refractivity contribution in [2.45, 2.75) is 11.2 Å². The first-order valence-corrected chi connectivity index (χ1v) is 9.56. The smallest absolute Gasteiger partial charge is 0.417 e. The van der Waals surface area contributed by atoms with E-state index in [0.29, 0.717) is 17.3 Å². The first-order valence-electron chi connectivity index (χ1n) is 8.58. The number of anilines is 1. The van der Waals surface area contributed by atoms with Crippen LogP contribution in [0.2, 0.25) is 0 Å². The molecule has 3 aromatic rings. The molecule has 0 aliphatic heterocycles. The summed E-state index contributed by atoms with van der Waals surface area (Å²) in [6, 6.07) is 16.7. The molecular formula is C21H14F3N3O2S. The first-order chi connectivity index (χ1) is 14.3. The lowest BCUT2D eigenvalue weighted by Gasteiger charge is -2.14. The number of alkyl halides is 3. The molecule has 0 bridgehead atoms. The number of hydrogen-bond donors (Lipinski definition) is 2. The van der Waals surface area contributed by atoms with Gasteiger partial charge in [-0.25, -0.2) is 4.98 Å². The summed E-state index contributed by atoms with van der Waals surface area (Å²) in [5.41, 5.74) is -1.07. The minimum absolute atomic E-state index is 0.0468. The zero-order valence-electron chi connectivity index (χ0n) is 15.3. The van der Waals surface area contributed by atoms with E-state index in [1.807, 2.05) is 0 Å². The number of aromatic nitrogens is 1. The number of carbonyl (C=O) groups is 1. The quantitative estimate of drug-likeness (QED) is 0.437. The number of carbonyl (C=O) groups excluding carboxylic acids is 1. The van der Waals surface area contributed by atoms with Crippen molar-refractivity contribution in [3.05, 3.63) is 71.8 Å². The van der Waals surface area contributed by atoms with Gasteiger partial charge in [-0.15, -0.1) is 0 Å². The summed E-state index contributed by atoms with van der Waals surface area (Å²) in [7, 11) is 0. The first kappa shape index (κ1) is 21.2. The predicted molar refractivity (Wildman–Crippen MR) is 107 cm³/mol. The number of pyridine rings is 1. The van der Waals surface area contributed by atoms with Crippen LogP contribution in [-0.2, 0) is 11.0 Å². The van der Waals surface area contributed by atoms with Gasteiger partial charge in [0.05, 0.1) is 28.3 Å². The normalized spacial score (nSPS) is 11.0. The van der Waals surface area contributed by atoms with Crippen LogP contribution in [0.25, 0.3) is 11.3 Å². The Balaban J connectivity index is 1.92. The second kappa shape index (κ2) is 8.88. The summed E-state index contributed by atoms with van der Waals surface area (Å²) < 4.78 is 40.6. The average molecular weight is 429 g/mol. The predicted octanol–water partition coefficient (Wildman–Crippen LogP) is 5.08. The van der Waals surface area contributed by atoms with Crippen molar-refractivity contribution >= 4 is 23.4 Å². The van der Waals surface area contributed by atoms with Gasteiger partial charge in [0.25, 0.3) is 0 Å². The Hall–Kier alpha value is -3.51. The molecule has 1 amide bonds. The maximum Gasteiger partial charge on any atom is 0.417 e. The summed E-state index contributed by atoms with van der Waals surface area (Å²) in [5.74, 6) is -1.01. The van der Waals surface area contributed by atoms with Crippen LogP contribution in [0.5, 0.6) is 5.75 Å². The Bertz CT molecular complexity index is 1110. The highest BCUT2D eigenvalue weighted by Crippen LogP contribution is 2.38. The molecular weight excluding hydrogens is 415 g/mol. The SMILES string of the molecule is N#Cc1c(C(F)(F)F)cc(-c2ccccc2)nc1SCC(=O)Nc1ccccc1O. The van der Waals surface area contributed by atoms with Gasteiger partial charge < -0.3 is 10.4 Å². The molecule has 1 aromatic heterocycles. The van der Waals surface area contributed by atoms with Gasteiger partial charge >= 0.3 is 6.18 Å². The van der Waals surface area contributed by atoms with E-state index in [4.69, 9.17) is 0 Å². The molecule has 5 nitrogen and oxygen atoms in total. The lowest BCUT2D eigenvalue weighted by molar-refractivity contribution is -0.138. The number of aromatic hydroxyl groups is 1. The summed E-state index contributed by atoms with van der Waals surface area (Å²) in [4.78, 5) is 16.4. The molecule has 30 heavy (non-hydrogen) atoms. The Morgan fingerprint density at radius 2 is 1.80 bits per heavy atom. The highest BCUT2D eigenvalue weighted by atomic mass is 32.2. The molecule has 0 unspecified atom stereocenters. The monoisotopic (exact) mass is 429 g/mol. The third-order valence-electron chi connectivity index (χ3n) is 3.99. The Kier molecular flexibility index (Phi) is 6.28. The second-order valence-corrected chi connectivity index (χ2v) is 7.03. The molecule has 0 fully saturated rings. The zero-order chi connectivity index (χ0) is 21.7. The van der Waals surface area contributed by atoms with E-state index in [2.05, 4.69) is 10.3 Å². The third kappa shape index (κ3) is 4.90. The van der Waals surface area contributed by atoms with E-state index < -0.39 is 23.2 Å². The largest absolute Gasteiger partial charge is 0.506 e. The molecule has 0 spiro atoms. The van der Waals surface area contributed by atoms with Gasteiger partial charge in [0.2, 0.25) is 5.91 Å². The number of halogens is 3. The molecule has 0 aliphatic rings. The van der Waals surface area contributed by atoms with Crippen LogP contribution in [-0.4, -0.2) is 21.8 Å². The Labute approximate surface area is 174 Å². The van der Waals surface area contributed by atoms with Gasteiger partial charge in [-0.3, -0.25) is 4.79 Å². The van der Waals surface area contributed by atoms with Crippen molar-refractivity contribution in [2.24, 2.45) is 0 Å². The fourth-order valence-electron chi connectivity index (χ4n) is 2.61. The lowest BCUT2D eigenvalue weighted by atomic mass is 10.1. The van der Waals surface area contributed by atoms with Crippen molar-refractivity contribution < 1.29 is 23.1 Å². The molecule has 0 radical (unpaired) electrons. The van der Waals surface area contributed by atoms with Crippen LogP contribution in [0, 0.1) is 11.3 Å². The molecule has 1 heterocycles. The number of phenols is 1. The molecule has 2 N–H and O–H groups in total. The van der Waals surface area contributed by atoms with Crippen molar-refractivity contribution in [3.8, 4) is 23.1 Å². The molecule has 0 saturated heterocycles. The minimum atomic E-state index is -4.76. The topological polar surface area (TPSA) is 86.0 Å². The summed E-state index contributed by atoms with van der Waals surface area (Å²) in [5, 5.41) is 21.3. The van der Waals surface area contributed by atoms with Gasteiger partial charge in [0.1, 0.15) is 16.8 Å².